The van der Waals surface area contributed by atoms with Crippen LogP contribution in [-0.2, 0) is 24.9 Å². The van der Waals surface area contributed by atoms with E-state index < -0.39 is 11.7 Å². The topological polar surface area (TPSA) is 94.0 Å². The summed E-state index contributed by atoms with van der Waals surface area (Å²) < 4.78 is 6.87. The van der Waals surface area contributed by atoms with Gasteiger partial charge in [-0.05, 0) is 26.8 Å². The molecule has 0 aliphatic heterocycles. The second-order valence-corrected chi connectivity index (χ2v) is 6.07. The number of carbonyl (C=O) groups excluding carboxylic acids is 1. The lowest BCUT2D eigenvalue weighted by Gasteiger charge is -2.20. The van der Waals surface area contributed by atoms with Crippen molar-refractivity contribution < 1.29 is 9.53 Å². The average molecular weight is 318 g/mol. The smallest absolute Gasteiger partial charge is 0.413 e. The highest BCUT2D eigenvalue weighted by atomic mass is 16.6. The van der Waals surface area contributed by atoms with Crippen molar-refractivity contribution in [1.82, 2.24) is 25.1 Å². The number of aryl methyl sites for hydroxylation is 1. The van der Waals surface area contributed by atoms with Crippen LogP contribution in [0.2, 0.25) is 0 Å². The number of rotatable bonds is 5. The van der Waals surface area contributed by atoms with Gasteiger partial charge in [-0.25, -0.2) is 14.8 Å². The molecule has 2 aromatic rings. The molecule has 0 aliphatic rings. The monoisotopic (exact) mass is 318 g/mol. The molecule has 1 amide bonds. The predicted molar refractivity (Wildman–Crippen MR) is 85.6 cm³/mol. The molecular formula is C15H22N6O2. The van der Waals surface area contributed by atoms with Gasteiger partial charge in [0.25, 0.3) is 0 Å². The summed E-state index contributed by atoms with van der Waals surface area (Å²) >= 11 is 0. The summed E-state index contributed by atoms with van der Waals surface area (Å²) in [7, 11) is 1.76. The van der Waals surface area contributed by atoms with Crippen LogP contribution in [0.4, 0.5) is 10.6 Å². The number of nitrogens with one attached hydrogen (secondary N) is 2. The zero-order valence-corrected chi connectivity index (χ0v) is 13.8. The molecule has 0 radical (unpaired) electrons. The highest BCUT2D eigenvalue weighted by Gasteiger charge is 2.18. The maximum absolute atomic E-state index is 11.9. The number of aromatic nitrogens is 4. The molecule has 0 atom stereocenters. The van der Waals surface area contributed by atoms with Crippen molar-refractivity contribution in [1.29, 1.82) is 0 Å². The zero-order chi connectivity index (χ0) is 16.9. The van der Waals surface area contributed by atoms with Gasteiger partial charge in [-0.1, -0.05) is 0 Å². The van der Waals surface area contributed by atoms with Crippen molar-refractivity contribution in [2.24, 2.45) is 7.05 Å². The van der Waals surface area contributed by atoms with E-state index in [1.54, 1.807) is 24.1 Å². The van der Waals surface area contributed by atoms with Gasteiger partial charge in [-0.15, -0.1) is 0 Å². The third-order valence-corrected chi connectivity index (χ3v) is 2.90. The summed E-state index contributed by atoms with van der Waals surface area (Å²) in [5, 5.41) is 10.2. The van der Waals surface area contributed by atoms with Crippen LogP contribution in [-0.4, -0.2) is 31.4 Å². The van der Waals surface area contributed by atoms with Crippen molar-refractivity contribution in [3.63, 3.8) is 0 Å². The fourth-order valence-electron chi connectivity index (χ4n) is 1.92. The number of anilines is 1. The van der Waals surface area contributed by atoms with Gasteiger partial charge < -0.3 is 10.1 Å². The van der Waals surface area contributed by atoms with E-state index in [0.717, 1.165) is 11.3 Å². The van der Waals surface area contributed by atoms with Crippen molar-refractivity contribution >= 4 is 11.9 Å². The largest absolute Gasteiger partial charge is 0.444 e. The summed E-state index contributed by atoms with van der Waals surface area (Å²) in [6.45, 7) is 6.60. The fourth-order valence-corrected chi connectivity index (χ4v) is 1.92. The Labute approximate surface area is 135 Å². The first-order valence-corrected chi connectivity index (χ1v) is 7.31. The zero-order valence-electron chi connectivity index (χ0n) is 13.8. The van der Waals surface area contributed by atoms with Crippen LogP contribution in [0.25, 0.3) is 0 Å². The maximum atomic E-state index is 11.9. The average Bonchev–Trinajstić information content (AvgIpc) is 2.79. The van der Waals surface area contributed by atoms with Gasteiger partial charge in [-0.3, -0.25) is 10.00 Å². The van der Waals surface area contributed by atoms with E-state index in [1.807, 2.05) is 26.8 Å². The third-order valence-electron chi connectivity index (χ3n) is 2.90. The van der Waals surface area contributed by atoms with Crippen molar-refractivity contribution in [3.8, 4) is 0 Å². The minimum Gasteiger partial charge on any atom is -0.444 e. The van der Waals surface area contributed by atoms with Gasteiger partial charge >= 0.3 is 6.09 Å². The predicted octanol–water partition coefficient (Wildman–Crippen LogP) is 1.85. The molecule has 2 heterocycles. The molecule has 0 bridgehead atoms. The molecule has 0 aromatic carbocycles. The number of ether oxygens (including phenoxy) is 1. The summed E-state index contributed by atoms with van der Waals surface area (Å²) in [4.78, 5) is 19.9. The van der Waals surface area contributed by atoms with Crippen LogP contribution >= 0.6 is 0 Å². The van der Waals surface area contributed by atoms with Gasteiger partial charge in [0.2, 0.25) is 0 Å². The Morgan fingerprint density at radius 1 is 1.35 bits per heavy atom. The van der Waals surface area contributed by atoms with E-state index in [4.69, 9.17) is 4.74 Å². The Balaban J connectivity index is 1.94. The van der Waals surface area contributed by atoms with Crippen molar-refractivity contribution in [2.75, 3.05) is 5.32 Å². The van der Waals surface area contributed by atoms with E-state index in [1.165, 1.54) is 6.33 Å². The molecule has 2 aromatic heterocycles. The Hall–Kier alpha value is -2.48. The molecule has 124 valence electrons. The van der Waals surface area contributed by atoms with Crippen LogP contribution in [0.15, 0.2) is 24.8 Å². The summed E-state index contributed by atoms with van der Waals surface area (Å²) in [6, 6.07) is 1.84. The molecule has 23 heavy (non-hydrogen) atoms. The van der Waals surface area contributed by atoms with Crippen LogP contribution in [0.3, 0.4) is 0 Å². The normalized spacial score (nSPS) is 11.3. The lowest BCUT2D eigenvalue weighted by molar-refractivity contribution is 0.0634. The van der Waals surface area contributed by atoms with Crippen LogP contribution in [0.1, 0.15) is 32.0 Å². The molecule has 0 spiro atoms. The lowest BCUT2D eigenvalue weighted by atomic mass is 10.2. The van der Waals surface area contributed by atoms with Crippen LogP contribution < -0.4 is 10.6 Å². The number of carbonyl (C=O) groups is 1. The minimum absolute atomic E-state index is 0.502. The summed E-state index contributed by atoms with van der Waals surface area (Å²) in [6.07, 6.45) is 4.41. The number of amides is 1. The molecule has 2 N–H and O–H groups in total. The maximum Gasteiger partial charge on any atom is 0.413 e. The van der Waals surface area contributed by atoms with E-state index in [2.05, 4.69) is 25.7 Å². The highest BCUT2D eigenvalue weighted by Crippen LogP contribution is 2.16. The van der Waals surface area contributed by atoms with Crippen LogP contribution in [0.5, 0.6) is 0 Å². The first-order valence-electron chi connectivity index (χ1n) is 7.31. The molecule has 0 aliphatic carbocycles. The van der Waals surface area contributed by atoms with Crippen molar-refractivity contribution in [3.05, 3.63) is 36.0 Å². The Morgan fingerprint density at radius 2 is 2.13 bits per heavy atom. The van der Waals surface area contributed by atoms with E-state index >= 15 is 0 Å². The Bertz CT molecular complexity index is 648. The highest BCUT2D eigenvalue weighted by molar-refractivity contribution is 5.84. The molecule has 8 nitrogen and oxygen atoms in total. The molecule has 2 rings (SSSR count). The van der Waals surface area contributed by atoms with Crippen LogP contribution in [0, 0.1) is 0 Å². The molecule has 8 heteroatoms. The number of hydrogen-bond donors (Lipinski definition) is 2. The Morgan fingerprint density at radius 3 is 2.78 bits per heavy atom. The minimum atomic E-state index is -0.548. The van der Waals surface area contributed by atoms with Gasteiger partial charge in [-0.2, -0.15) is 5.10 Å². The standard InChI is InChI=1S/C15H22N6O2/c1-15(2,3)23-14(22)20-13-11(8-19-21(13)4)7-17-9-12-5-6-16-10-18-12/h5-6,8,10,17H,7,9H2,1-4H3,(H,20,22). The van der Waals surface area contributed by atoms with Gasteiger partial charge in [0.1, 0.15) is 17.7 Å². The summed E-state index contributed by atoms with van der Waals surface area (Å²) in [5.74, 6) is 0.606. The quantitative estimate of drug-likeness (QED) is 0.874. The van der Waals surface area contributed by atoms with Gasteiger partial charge in [0, 0.05) is 31.9 Å². The first-order chi connectivity index (χ1) is 10.8. The van der Waals surface area contributed by atoms with Gasteiger partial charge in [0.15, 0.2) is 0 Å². The lowest BCUT2D eigenvalue weighted by Crippen LogP contribution is -2.28. The third kappa shape index (κ3) is 5.33. The molecule has 0 unspecified atom stereocenters. The number of nitrogens with zero attached hydrogens (tertiary/aromatic N) is 4. The second-order valence-electron chi connectivity index (χ2n) is 6.07. The molecule has 0 saturated carbocycles. The summed E-state index contributed by atoms with van der Waals surface area (Å²) in [5.41, 5.74) is 1.21. The number of hydrogen-bond acceptors (Lipinski definition) is 6. The molecular weight excluding hydrogens is 296 g/mol. The van der Waals surface area contributed by atoms with E-state index in [9.17, 15) is 4.79 Å². The van der Waals surface area contributed by atoms with E-state index in [-0.39, 0.29) is 0 Å². The van der Waals surface area contributed by atoms with Crippen molar-refractivity contribution in [2.45, 2.75) is 39.5 Å². The molecule has 0 fully saturated rings. The SMILES string of the molecule is Cn1ncc(CNCc2ccncn2)c1NC(=O)OC(C)(C)C. The first kappa shape index (κ1) is 16.9. The fraction of sp³-hybridized carbons (Fsp3) is 0.467. The van der Waals surface area contributed by atoms with E-state index in [0.29, 0.717) is 18.9 Å². The van der Waals surface area contributed by atoms with Gasteiger partial charge in [0.05, 0.1) is 11.9 Å². The second kappa shape index (κ2) is 7.19. The molecule has 0 saturated heterocycles. The Kier molecular flexibility index (Phi) is 5.28.